The van der Waals surface area contributed by atoms with Crippen molar-refractivity contribution in [2.75, 3.05) is 0 Å². The van der Waals surface area contributed by atoms with E-state index < -0.39 is 0 Å². The van der Waals surface area contributed by atoms with Crippen molar-refractivity contribution in [1.29, 1.82) is 0 Å². The zero-order valence-corrected chi connectivity index (χ0v) is 39.8. The normalized spacial score (nSPS) is 16.7. The summed E-state index contributed by atoms with van der Waals surface area (Å²) in [6, 6.07) is 56.4. The fourth-order valence-corrected chi connectivity index (χ4v) is 12.7. The molecule has 0 saturated heterocycles. The average Bonchev–Trinajstić information content (AvgIpc) is 3.82. The van der Waals surface area contributed by atoms with Gasteiger partial charge in [0.15, 0.2) is 0 Å². The minimum absolute atomic E-state index is 0.0575. The second-order valence-electron chi connectivity index (χ2n) is 20.4. The summed E-state index contributed by atoms with van der Waals surface area (Å²) in [6.45, 7) is 19.1. The molecule has 0 aliphatic heterocycles. The van der Waals surface area contributed by atoms with Gasteiger partial charge in [-0.3, -0.25) is 0 Å². The summed E-state index contributed by atoms with van der Waals surface area (Å²) < 4.78 is 2.27. The Morgan fingerprint density at radius 2 is 0.387 bits per heavy atom. The van der Waals surface area contributed by atoms with Crippen LogP contribution in [0.5, 0.6) is 0 Å². The predicted octanol–water partition coefficient (Wildman–Crippen LogP) is 17.4. The fourth-order valence-electron chi connectivity index (χ4n) is 12.0. The van der Waals surface area contributed by atoms with Gasteiger partial charge in [0.25, 0.3) is 0 Å². The number of rotatable bonds is 3. The lowest BCUT2D eigenvalue weighted by Crippen LogP contribution is -2.16. The lowest BCUT2D eigenvalue weighted by atomic mass is 9.79. The second-order valence-corrected chi connectivity index (χ2v) is 22.3. The molecule has 302 valence electrons. The van der Waals surface area contributed by atoms with Crippen molar-refractivity contribution in [3.63, 3.8) is 0 Å². The smallest absolute Gasteiger partial charge is 0.0178 e. The highest BCUT2D eigenvalue weighted by molar-refractivity contribution is 9.10. The monoisotopic (exact) mass is 926 g/mol. The summed E-state index contributed by atoms with van der Waals surface area (Å²) in [6.07, 6.45) is 0. The number of benzene rings is 8. The highest BCUT2D eigenvalue weighted by Gasteiger charge is 2.40. The van der Waals surface area contributed by atoms with Crippen molar-refractivity contribution in [1.82, 2.24) is 0 Å². The first-order valence-electron chi connectivity index (χ1n) is 22.0. The highest BCUT2D eigenvalue weighted by atomic mass is 79.9. The van der Waals surface area contributed by atoms with Gasteiger partial charge in [0, 0.05) is 30.6 Å². The van der Waals surface area contributed by atoms with Gasteiger partial charge in [-0.25, -0.2) is 0 Å². The lowest BCUT2D eigenvalue weighted by Gasteiger charge is -2.24. The van der Waals surface area contributed by atoms with Crippen LogP contribution >= 0.6 is 31.9 Å². The van der Waals surface area contributed by atoms with E-state index in [4.69, 9.17) is 0 Å². The molecular formula is C60H48Br2. The molecule has 0 fully saturated rings. The average molecular weight is 929 g/mol. The molecule has 8 aromatic rings. The van der Waals surface area contributed by atoms with E-state index in [1.165, 1.54) is 122 Å². The van der Waals surface area contributed by atoms with Gasteiger partial charge in [0.05, 0.1) is 0 Å². The SMILES string of the molecule is CC1(C)c2cc(Br)ccc2-c2ccc(-c3ccc4c(c3)C(C)(C)c3cc(-c5ccc6c(c5)C(C)(C)c5cc(-c7ccc8c(c7)C(C)(C)c7cc(Br)ccc7-8)ccc5-6)ccc3-4)cc21. The first-order chi connectivity index (χ1) is 29.5. The Hall–Kier alpha value is -5.28. The van der Waals surface area contributed by atoms with Crippen LogP contribution in [0.25, 0.3) is 77.9 Å². The fraction of sp³-hybridized carbons (Fsp3) is 0.200. The van der Waals surface area contributed by atoms with Crippen molar-refractivity contribution in [3.8, 4) is 77.9 Å². The first-order valence-corrected chi connectivity index (χ1v) is 23.6. The molecule has 0 spiro atoms. The molecule has 0 bridgehead atoms. The second kappa shape index (κ2) is 12.7. The highest BCUT2D eigenvalue weighted by Crippen LogP contribution is 2.56. The summed E-state index contributed by atoms with van der Waals surface area (Å²) in [4.78, 5) is 0. The molecule has 0 radical (unpaired) electrons. The topological polar surface area (TPSA) is 0 Å². The number of halogens is 2. The van der Waals surface area contributed by atoms with Crippen LogP contribution in [0.1, 0.15) is 99.9 Å². The predicted molar refractivity (Wildman–Crippen MR) is 268 cm³/mol. The minimum Gasteiger partial charge on any atom is -0.0537 e. The van der Waals surface area contributed by atoms with Crippen LogP contribution < -0.4 is 0 Å². The lowest BCUT2D eigenvalue weighted by molar-refractivity contribution is 0.659. The van der Waals surface area contributed by atoms with Gasteiger partial charge in [-0.2, -0.15) is 0 Å². The molecule has 2 heteroatoms. The van der Waals surface area contributed by atoms with Crippen molar-refractivity contribution in [3.05, 3.63) is 199 Å². The van der Waals surface area contributed by atoms with Gasteiger partial charge < -0.3 is 0 Å². The summed E-state index contributed by atoms with van der Waals surface area (Å²) in [5.74, 6) is 0. The van der Waals surface area contributed by atoms with E-state index in [1.54, 1.807) is 0 Å². The van der Waals surface area contributed by atoms with Crippen molar-refractivity contribution >= 4 is 31.9 Å². The quantitative estimate of drug-likeness (QED) is 0.166. The minimum atomic E-state index is -0.135. The molecule has 0 heterocycles. The zero-order valence-electron chi connectivity index (χ0n) is 36.6. The third kappa shape index (κ3) is 5.17. The summed E-state index contributed by atoms with van der Waals surface area (Å²) in [7, 11) is 0. The Labute approximate surface area is 383 Å². The van der Waals surface area contributed by atoms with E-state index in [9.17, 15) is 0 Å². The van der Waals surface area contributed by atoms with Crippen molar-refractivity contribution < 1.29 is 0 Å². The molecule has 0 unspecified atom stereocenters. The van der Waals surface area contributed by atoms with E-state index >= 15 is 0 Å². The Balaban J connectivity index is 0.856. The van der Waals surface area contributed by atoms with Gasteiger partial charge in [-0.15, -0.1) is 0 Å². The standard InChI is InChI=1S/C60H48Br2/c1-57(2)49-25-33(9-17-41(49)43-19-11-35(27-51(43)57)37-13-21-45-47-23-15-39(61)31-55(47)59(5,6)53(45)29-37)34-10-18-42-44-20-12-36(28-52(44)58(3,4)50(42)26-34)38-14-22-46-48-24-16-40(62)32-56(48)60(7,8)54(46)30-38/h9-32H,1-8H3. The molecule has 0 saturated carbocycles. The molecule has 12 rings (SSSR count). The Bertz CT molecular complexity index is 3090. The Morgan fingerprint density at radius 3 is 0.581 bits per heavy atom. The zero-order chi connectivity index (χ0) is 42.8. The van der Waals surface area contributed by atoms with E-state index in [2.05, 4.69) is 233 Å². The number of hydrogen-bond acceptors (Lipinski definition) is 0. The van der Waals surface area contributed by atoms with Crippen LogP contribution in [0.2, 0.25) is 0 Å². The molecular weight excluding hydrogens is 880 g/mol. The maximum absolute atomic E-state index is 3.72. The molecule has 0 N–H and O–H groups in total. The third-order valence-corrected chi connectivity index (χ3v) is 16.6. The van der Waals surface area contributed by atoms with Gasteiger partial charge in [0.1, 0.15) is 0 Å². The van der Waals surface area contributed by atoms with E-state index in [1.807, 2.05) is 0 Å². The van der Waals surface area contributed by atoms with Crippen LogP contribution in [-0.2, 0) is 21.7 Å². The van der Waals surface area contributed by atoms with Crippen LogP contribution in [0.4, 0.5) is 0 Å². The largest absolute Gasteiger partial charge is 0.0537 e. The number of fused-ring (bicyclic) bond motifs is 12. The van der Waals surface area contributed by atoms with Crippen LogP contribution in [0.15, 0.2) is 155 Å². The Kier molecular flexibility index (Phi) is 7.85. The molecule has 0 atom stereocenters. The molecule has 8 aromatic carbocycles. The van der Waals surface area contributed by atoms with Crippen molar-refractivity contribution in [2.24, 2.45) is 0 Å². The first kappa shape index (κ1) is 38.4. The summed E-state index contributed by atoms with van der Waals surface area (Å²) in [5.41, 5.74) is 29.3. The maximum atomic E-state index is 3.72. The van der Waals surface area contributed by atoms with Gasteiger partial charge in [0.2, 0.25) is 0 Å². The van der Waals surface area contributed by atoms with E-state index in [0.29, 0.717) is 0 Å². The van der Waals surface area contributed by atoms with Crippen LogP contribution in [-0.4, -0.2) is 0 Å². The molecule has 0 nitrogen and oxygen atoms in total. The maximum Gasteiger partial charge on any atom is 0.0178 e. The van der Waals surface area contributed by atoms with Crippen LogP contribution in [0, 0.1) is 0 Å². The molecule has 0 aromatic heterocycles. The summed E-state index contributed by atoms with van der Waals surface area (Å²) in [5, 5.41) is 0. The van der Waals surface area contributed by atoms with Gasteiger partial charge in [-0.1, -0.05) is 172 Å². The number of hydrogen-bond donors (Lipinski definition) is 0. The van der Waals surface area contributed by atoms with Gasteiger partial charge >= 0.3 is 0 Å². The van der Waals surface area contributed by atoms with E-state index in [-0.39, 0.29) is 21.7 Å². The van der Waals surface area contributed by atoms with E-state index in [0.717, 1.165) is 8.95 Å². The molecule has 4 aliphatic carbocycles. The molecule has 4 aliphatic rings. The summed E-state index contributed by atoms with van der Waals surface area (Å²) >= 11 is 7.45. The van der Waals surface area contributed by atoms with Crippen LogP contribution in [0.3, 0.4) is 0 Å². The Morgan fingerprint density at radius 1 is 0.226 bits per heavy atom. The third-order valence-electron chi connectivity index (χ3n) is 15.6. The van der Waals surface area contributed by atoms with Gasteiger partial charge in [-0.05, 0) is 183 Å². The molecule has 62 heavy (non-hydrogen) atoms. The molecule has 0 amide bonds. The van der Waals surface area contributed by atoms with Crippen molar-refractivity contribution in [2.45, 2.75) is 77.0 Å².